The van der Waals surface area contributed by atoms with E-state index in [0.717, 1.165) is 50.8 Å². The Morgan fingerprint density at radius 3 is 2.76 bits per heavy atom. The number of piperidine rings is 1. The van der Waals surface area contributed by atoms with Gasteiger partial charge in [-0.3, -0.25) is 4.79 Å². The molecule has 0 radical (unpaired) electrons. The summed E-state index contributed by atoms with van der Waals surface area (Å²) in [4.78, 5) is 21.4. The third-order valence-electron chi connectivity index (χ3n) is 5.28. The zero-order valence-electron chi connectivity index (χ0n) is 15.2. The van der Waals surface area contributed by atoms with Crippen LogP contribution in [0, 0.1) is 5.92 Å². The van der Waals surface area contributed by atoms with E-state index in [1.165, 1.54) is 12.8 Å². The predicted molar refractivity (Wildman–Crippen MR) is 98.9 cm³/mol. The molecule has 1 unspecified atom stereocenters. The Morgan fingerprint density at radius 1 is 1.32 bits per heavy atom. The monoisotopic (exact) mass is 346 g/mol. The molecule has 2 fully saturated rings. The standard InChI is InChI=1S/C19H30N4O2/c1-15-6-11-22(12-7-15)14-16(24)13-21-19(25)17-5-4-8-20-18(17)23-9-2-3-10-23/h4-5,8,15-16,24H,2-3,6-7,9-14H2,1H3,(H,21,25). The highest BCUT2D eigenvalue weighted by Gasteiger charge is 2.22. The van der Waals surface area contributed by atoms with E-state index >= 15 is 0 Å². The SMILES string of the molecule is CC1CCN(CC(O)CNC(=O)c2cccnc2N2CCCC2)CC1. The third kappa shape index (κ3) is 4.92. The summed E-state index contributed by atoms with van der Waals surface area (Å²) in [7, 11) is 0. The summed E-state index contributed by atoms with van der Waals surface area (Å²) in [6.07, 6.45) is 5.86. The Hall–Kier alpha value is -1.66. The number of hydrogen-bond acceptors (Lipinski definition) is 5. The van der Waals surface area contributed by atoms with Gasteiger partial charge in [0.2, 0.25) is 0 Å². The maximum Gasteiger partial charge on any atom is 0.255 e. The molecule has 6 nitrogen and oxygen atoms in total. The van der Waals surface area contributed by atoms with Crippen molar-refractivity contribution in [3.63, 3.8) is 0 Å². The van der Waals surface area contributed by atoms with Crippen LogP contribution in [0.1, 0.15) is 43.0 Å². The van der Waals surface area contributed by atoms with E-state index in [1.807, 2.05) is 6.07 Å². The fourth-order valence-electron chi connectivity index (χ4n) is 3.67. The van der Waals surface area contributed by atoms with Crippen molar-refractivity contribution >= 4 is 11.7 Å². The van der Waals surface area contributed by atoms with Crippen molar-refractivity contribution in [2.45, 2.75) is 38.7 Å². The van der Waals surface area contributed by atoms with E-state index in [9.17, 15) is 9.90 Å². The molecule has 0 spiro atoms. The lowest BCUT2D eigenvalue weighted by Crippen LogP contribution is -2.43. The molecule has 1 aromatic rings. The predicted octanol–water partition coefficient (Wildman–Crippen LogP) is 1.50. The van der Waals surface area contributed by atoms with Crippen LogP contribution in [0.15, 0.2) is 18.3 Å². The van der Waals surface area contributed by atoms with E-state index in [0.29, 0.717) is 12.1 Å². The van der Waals surface area contributed by atoms with E-state index in [1.54, 1.807) is 12.3 Å². The maximum absolute atomic E-state index is 12.6. The minimum Gasteiger partial charge on any atom is -0.390 e. The van der Waals surface area contributed by atoms with Crippen molar-refractivity contribution in [1.29, 1.82) is 0 Å². The van der Waals surface area contributed by atoms with E-state index < -0.39 is 6.10 Å². The number of aliphatic hydroxyl groups is 1. The Morgan fingerprint density at radius 2 is 2.04 bits per heavy atom. The fourth-order valence-corrected chi connectivity index (χ4v) is 3.67. The topological polar surface area (TPSA) is 68.7 Å². The molecular formula is C19H30N4O2. The quantitative estimate of drug-likeness (QED) is 0.817. The second kappa shape index (κ2) is 8.63. The highest BCUT2D eigenvalue weighted by atomic mass is 16.3. The summed E-state index contributed by atoms with van der Waals surface area (Å²) in [5.74, 6) is 1.39. The van der Waals surface area contributed by atoms with E-state index in [-0.39, 0.29) is 12.5 Å². The van der Waals surface area contributed by atoms with E-state index in [4.69, 9.17) is 0 Å². The van der Waals surface area contributed by atoms with Gasteiger partial charge in [-0.25, -0.2) is 4.98 Å². The highest BCUT2D eigenvalue weighted by Crippen LogP contribution is 2.21. The molecule has 0 bridgehead atoms. The normalized spacial score (nSPS) is 20.6. The molecule has 3 rings (SSSR count). The first-order valence-electron chi connectivity index (χ1n) is 9.52. The number of anilines is 1. The first-order valence-corrected chi connectivity index (χ1v) is 9.52. The van der Waals surface area contributed by atoms with Crippen LogP contribution >= 0.6 is 0 Å². The molecule has 0 aliphatic carbocycles. The number of carbonyl (C=O) groups is 1. The molecule has 2 aliphatic heterocycles. The minimum absolute atomic E-state index is 0.152. The van der Waals surface area contributed by atoms with Crippen molar-refractivity contribution in [3.8, 4) is 0 Å². The number of likely N-dealkylation sites (tertiary alicyclic amines) is 1. The van der Waals surface area contributed by atoms with Crippen LogP contribution in [0.3, 0.4) is 0 Å². The van der Waals surface area contributed by atoms with Crippen molar-refractivity contribution in [2.75, 3.05) is 44.2 Å². The number of aromatic nitrogens is 1. The smallest absolute Gasteiger partial charge is 0.255 e. The lowest BCUT2D eigenvalue weighted by Gasteiger charge is -2.31. The van der Waals surface area contributed by atoms with Gasteiger partial charge in [-0.1, -0.05) is 6.92 Å². The number of carbonyl (C=O) groups excluding carboxylic acids is 1. The van der Waals surface area contributed by atoms with Gasteiger partial charge < -0.3 is 20.2 Å². The molecule has 1 atom stereocenters. The van der Waals surface area contributed by atoms with Crippen molar-refractivity contribution in [1.82, 2.24) is 15.2 Å². The van der Waals surface area contributed by atoms with Crippen LogP contribution in [-0.4, -0.2) is 66.3 Å². The number of amides is 1. The van der Waals surface area contributed by atoms with Crippen LogP contribution in [0.2, 0.25) is 0 Å². The Kier molecular flexibility index (Phi) is 6.26. The molecule has 1 amide bonds. The molecule has 3 heterocycles. The van der Waals surface area contributed by atoms with Gasteiger partial charge in [-0.15, -0.1) is 0 Å². The van der Waals surface area contributed by atoms with Crippen molar-refractivity contribution < 1.29 is 9.90 Å². The van der Waals surface area contributed by atoms with Gasteiger partial charge in [0.05, 0.1) is 11.7 Å². The molecule has 25 heavy (non-hydrogen) atoms. The molecule has 2 saturated heterocycles. The van der Waals surface area contributed by atoms with Crippen LogP contribution in [0.4, 0.5) is 5.82 Å². The van der Waals surface area contributed by atoms with Gasteiger partial charge in [-0.2, -0.15) is 0 Å². The summed E-state index contributed by atoms with van der Waals surface area (Å²) >= 11 is 0. The van der Waals surface area contributed by atoms with Gasteiger partial charge in [0, 0.05) is 32.4 Å². The lowest BCUT2D eigenvalue weighted by molar-refractivity contribution is 0.0795. The number of rotatable bonds is 6. The number of hydrogen-bond donors (Lipinski definition) is 2. The van der Waals surface area contributed by atoms with Crippen LogP contribution in [0.25, 0.3) is 0 Å². The first kappa shape index (κ1) is 18.1. The number of β-amino-alcohol motifs (C(OH)–C–C–N with tert-alkyl or cyclic N) is 1. The summed E-state index contributed by atoms with van der Waals surface area (Å²) in [6.45, 7) is 7.15. The average molecular weight is 346 g/mol. The highest BCUT2D eigenvalue weighted by molar-refractivity contribution is 5.98. The molecule has 0 saturated carbocycles. The molecule has 2 aliphatic rings. The molecular weight excluding hydrogens is 316 g/mol. The maximum atomic E-state index is 12.6. The molecule has 0 aromatic carbocycles. The van der Waals surface area contributed by atoms with Gasteiger partial charge in [0.15, 0.2) is 0 Å². The Bertz CT molecular complexity index is 566. The Balaban J connectivity index is 1.50. The summed E-state index contributed by atoms with van der Waals surface area (Å²) in [5, 5.41) is 13.1. The van der Waals surface area contributed by atoms with Gasteiger partial charge in [-0.05, 0) is 56.8 Å². The largest absolute Gasteiger partial charge is 0.390 e. The van der Waals surface area contributed by atoms with Crippen LogP contribution in [0.5, 0.6) is 0 Å². The Labute approximate surface area is 150 Å². The molecule has 6 heteroatoms. The molecule has 1 aromatic heterocycles. The first-order chi connectivity index (χ1) is 12.1. The second-order valence-electron chi connectivity index (χ2n) is 7.42. The minimum atomic E-state index is -0.538. The molecule has 138 valence electrons. The summed E-state index contributed by atoms with van der Waals surface area (Å²) in [5.41, 5.74) is 0.600. The van der Waals surface area contributed by atoms with Crippen LogP contribution < -0.4 is 10.2 Å². The molecule has 2 N–H and O–H groups in total. The number of aliphatic hydroxyl groups excluding tert-OH is 1. The van der Waals surface area contributed by atoms with Gasteiger partial charge in [0.25, 0.3) is 5.91 Å². The lowest BCUT2D eigenvalue weighted by atomic mass is 9.99. The average Bonchev–Trinajstić information content (AvgIpc) is 3.16. The zero-order chi connectivity index (χ0) is 17.6. The number of pyridine rings is 1. The fraction of sp³-hybridized carbons (Fsp3) is 0.684. The number of nitrogens with one attached hydrogen (secondary N) is 1. The van der Waals surface area contributed by atoms with Crippen molar-refractivity contribution in [3.05, 3.63) is 23.9 Å². The van der Waals surface area contributed by atoms with Gasteiger partial charge >= 0.3 is 0 Å². The van der Waals surface area contributed by atoms with Crippen LogP contribution in [-0.2, 0) is 0 Å². The number of nitrogens with zero attached hydrogens (tertiary/aromatic N) is 3. The summed E-state index contributed by atoms with van der Waals surface area (Å²) in [6, 6.07) is 3.61. The second-order valence-corrected chi connectivity index (χ2v) is 7.42. The van der Waals surface area contributed by atoms with Crippen molar-refractivity contribution in [2.24, 2.45) is 5.92 Å². The third-order valence-corrected chi connectivity index (χ3v) is 5.28. The van der Waals surface area contributed by atoms with E-state index in [2.05, 4.69) is 27.0 Å². The van der Waals surface area contributed by atoms with Gasteiger partial charge in [0.1, 0.15) is 5.82 Å². The summed E-state index contributed by atoms with van der Waals surface area (Å²) < 4.78 is 0. The zero-order valence-corrected chi connectivity index (χ0v) is 15.2.